The average Bonchev–Trinajstić information content (AvgIpc) is 3.08. The summed E-state index contributed by atoms with van der Waals surface area (Å²) < 4.78 is 0. The van der Waals surface area contributed by atoms with Crippen molar-refractivity contribution >= 4 is 11.6 Å². The van der Waals surface area contributed by atoms with E-state index in [0.717, 1.165) is 12.8 Å². The Kier molecular flexibility index (Phi) is 2.13. The van der Waals surface area contributed by atoms with Gasteiger partial charge in [0.25, 0.3) is 5.91 Å². The van der Waals surface area contributed by atoms with Gasteiger partial charge in [0.05, 0.1) is 18.8 Å². The van der Waals surface area contributed by atoms with E-state index in [2.05, 4.69) is 4.98 Å². The molecule has 1 saturated carbocycles. The molecule has 2 aliphatic rings. The SMILES string of the molecule is Nc1cccnc1C(=O)N1CC(O)(C2CC2)C1. The second-order valence-electron chi connectivity index (χ2n) is 4.98. The predicted molar refractivity (Wildman–Crippen MR) is 62.2 cm³/mol. The molecule has 3 rings (SSSR count). The van der Waals surface area contributed by atoms with Crippen molar-refractivity contribution in [3.05, 3.63) is 24.0 Å². The highest BCUT2D eigenvalue weighted by Gasteiger charge is 2.53. The largest absolute Gasteiger partial charge is 0.397 e. The highest BCUT2D eigenvalue weighted by atomic mass is 16.3. The van der Waals surface area contributed by atoms with E-state index in [1.165, 1.54) is 0 Å². The normalized spacial score (nSPS) is 22.1. The van der Waals surface area contributed by atoms with E-state index in [1.54, 1.807) is 23.2 Å². The Bertz CT molecular complexity index is 465. The van der Waals surface area contributed by atoms with Crippen molar-refractivity contribution in [1.29, 1.82) is 0 Å². The molecular weight excluding hydrogens is 218 g/mol. The third-order valence-electron chi connectivity index (χ3n) is 3.60. The molecule has 5 nitrogen and oxygen atoms in total. The minimum Gasteiger partial charge on any atom is -0.397 e. The van der Waals surface area contributed by atoms with Crippen molar-refractivity contribution < 1.29 is 9.90 Å². The number of hydrogen-bond donors (Lipinski definition) is 2. The van der Waals surface area contributed by atoms with Gasteiger partial charge in [0, 0.05) is 6.20 Å². The number of nitrogen functional groups attached to an aromatic ring is 1. The maximum atomic E-state index is 12.1. The van der Waals surface area contributed by atoms with Gasteiger partial charge in [-0.25, -0.2) is 4.98 Å². The third-order valence-corrected chi connectivity index (χ3v) is 3.60. The fraction of sp³-hybridized carbons (Fsp3) is 0.500. The van der Waals surface area contributed by atoms with Gasteiger partial charge in [-0.05, 0) is 30.9 Å². The second-order valence-corrected chi connectivity index (χ2v) is 4.98. The predicted octanol–water partition coefficient (Wildman–Crippen LogP) is 0.261. The first kappa shape index (κ1) is 10.5. The van der Waals surface area contributed by atoms with Gasteiger partial charge in [0.2, 0.25) is 0 Å². The number of hydrogen-bond acceptors (Lipinski definition) is 4. The Balaban J connectivity index is 1.71. The van der Waals surface area contributed by atoms with Crippen molar-refractivity contribution in [3.8, 4) is 0 Å². The number of amides is 1. The zero-order chi connectivity index (χ0) is 12.0. The summed E-state index contributed by atoms with van der Waals surface area (Å²) in [5.41, 5.74) is 5.72. The maximum absolute atomic E-state index is 12.1. The Morgan fingerprint density at radius 2 is 2.24 bits per heavy atom. The number of nitrogens with two attached hydrogens (primary N) is 1. The van der Waals surface area contributed by atoms with Crippen molar-refractivity contribution in [3.63, 3.8) is 0 Å². The molecule has 1 saturated heterocycles. The molecule has 5 heteroatoms. The molecule has 3 N–H and O–H groups in total. The lowest BCUT2D eigenvalue weighted by molar-refractivity contribution is -0.0959. The summed E-state index contributed by atoms with van der Waals surface area (Å²) in [5.74, 6) is 0.195. The minimum absolute atomic E-state index is 0.187. The van der Waals surface area contributed by atoms with Crippen LogP contribution in [-0.4, -0.2) is 39.6 Å². The van der Waals surface area contributed by atoms with Gasteiger partial charge >= 0.3 is 0 Å². The van der Waals surface area contributed by atoms with Crippen molar-refractivity contribution in [2.75, 3.05) is 18.8 Å². The summed E-state index contributed by atoms with van der Waals surface area (Å²) in [6, 6.07) is 3.36. The molecule has 1 aromatic rings. The van der Waals surface area contributed by atoms with Crippen LogP contribution < -0.4 is 5.73 Å². The number of likely N-dealkylation sites (tertiary alicyclic amines) is 1. The van der Waals surface area contributed by atoms with Crippen LogP contribution in [0.3, 0.4) is 0 Å². The van der Waals surface area contributed by atoms with Crippen LogP contribution in [0.15, 0.2) is 18.3 Å². The van der Waals surface area contributed by atoms with Crippen LogP contribution in [0.5, 0.6) is 0 Å². The molecule has 1 amide bonds. The fourth-order valence-corrected chi connectivity index (χ4v) is 2.38. The molecule has 0 aromatic carbocycles. The fourth-order valence-electron chi connectivity index (χ4n) is 2.38. The number of pyridine rings is 1. The number of nitrogens with zero attached hydrogens (tertiary/aromatic N) is 2. The van der Waals surface area contributed by atoms with E-state index in [4.69, 9.17) is 5.73 Å². The van der Waals surface area contributed by atoms with E-state index < -0.39 is 5.60 Å². The van der Waals surface area contributed by atoms with E-state index in [1.807, 2.05) is 0 Å². The minimum atomic E-state index is -0.654. The molecule has 0 atom stereocenters. The highest BCUT2D eigenvalue weighted by molar-refractivity contribution is 5.97. The van der Waals surface area contributed by atoms with E-state index in [-0.39, 0.29) is 11.6 Å². The van der Waals surface area contributed by atoms with Crippen LogP contribution in [0.4, 0.5) is 5.69 Å². The summed E-state index contributed by atoms with van der Waals surface area (Å²) in [6.07, 6.45) is 3.70. The molecule has 90 valence electrons. The number of aliphatic hydroxyl groups is 1. The molecule has 17 heavy (non-hydrogen) atoms. The number of anilines is 1. The maximum Gasteiger partial charge on any atom is 0.274 e. The molecule has 1 aromatic heterocycles. The highest BCUT2D eigenvalue weighted by Crippen LogP contribution is 2.44. The van der Waals surface area contributed by atoms with Gasteiger partial charge in [-0.3, -0.25) is 4.79 Å². The van der Waals surface area contributed by atoms with Crippen molar-refractivity contribution in [2.45, 2.75) is 18.4 Å². The molecule has 2 heterocycles. The van der Waals surface area contributed by atoms with Gasteiger partial charge in [-0.1, -0.05) is 0 Å². The quantitative estimate of drug-likeness (QED) is 0.768. The summed E-state index contributed by atoms with van der Waals surface area (Å²) in [6.45, 7) is 0.818. The van der Waals surface area contributed by atoms with Gasteiger partial charge in [0.1, 0.15) is 5.60 Å². The lowest BCUT2D eigenvalue weighted by Crippen LogP contribution is -2.64. The van der Waals surface area contributed by atoms with Crippen LogP contribution in [0.2, 0.25) is 0 Å². The Morgan fingerprint density at radius 3 is 2.82 bits per heavy atom. The van der Waals surface area contributed by atoms with Gasteiger partial charge in [0.15, 0.2) is 5.69 Å². The van der Waals surface area contributed by atoms with Gasteiger partial charge in [-0.15, -0.1) is 0 Å². The summed E-state index contributed by atoms with van der Waals surface area (Å²) >= 11 is 0. The lowest BCUT2D eigenvalue weighted by Gasteiger charge is -2.46. The summed E-state index contributed by atoms with van der Waals surface area (Å²) in [7, 11) is 0. The van der Waals surface area contributed by atoms with Crippen LogP contribution in [0.25, 0.3) is 0 Å². The Labute approximate surface area is 99.2 Å². The topological polar surface area (TPSA) is 79.5 Å². The second kappa shape index (κ2) is 3.43. The zero-order valence-corrected chi connectivity index (χ0v) is 9.47. The van der Waals surface area contributed by atoms with Crippen LogP contribution in [0, 0.1) is 5.92 Å². The monoisotopic (exact) mass is 233 g/mol. The molecular formula is C12H15N3O2. The van der Waals surface area contributed by atoms with Crippen LogP contribution in [0.1, 0.15) is 23.3 Å². The first-order chi connectivity index (χ1) is 8.10. The first-order valence-electron chi connectivity index (χ1n) is 5.82. The van der Waals surface area contributed by atoms with Gasteiger partial charge < -0.3 is 15.7 Å². The molecule has 0 radical (unpaired) electrons. The molecule has 0 spiro atoms. The third kappa shape index (κ3) is 1.67. The molecule has 0 bridgehead atoms. The van der Waals surface area contributed by atoms with E-state index >= 15 is 0 Å². The van der Waals surface area contributed by atoms with Gasteiger partial charge in [-0.2, -0.15) is 0 Å². The number of carbonyl (C=O) groups excluding carboxylic acids is 1. The number of β-amino-alcohol motifs (C(OH)–C–C–N with tert-alkyl or cyclic N) is 1. The Hall–Kier alpha value is -1.62. The van der Waals surface area contributed by atoms with Crippen LogP contribution >= 0.6 is 0 Å². The zero-order valence-electron chi connectivity index (χ0n) is 9.47. The lowest BCUT2D eigenvalue weighted by atomic mass is 9.88. The molecule has 1 aliphatic carbocycles. The number of carbonyl (C=O) groups is 1. The first-order valence-corrected chi connectivity index (χ1v) is 5.82. The van der Waals surface area contributed by atoms with Crippen molar-refractivity contribution in [2.24, 2.45) is 5.92 Å². The number of rotatable bonds is 2. The summed E-state index contributed by atoms with van der Waals surface area (Å²) in [5, 5.41) is 10.1. The van der Waals surface area contributed by atoms with E-state index in [0.29, 0.717) is 24.7 Å². The average molecular weight is 233 g/mol. The Morgan fingerprint density at radius 1 is 1.53 bits per heavy atom. The number of aromatic nitrogens is 1. The molecule has 0 unspecified atom stereocenters. The summed E-state index contributed by atoms with van der Waals surface area (Å²) in [4.78, 5) is 17.7. The van der Waals surface area contributed by atoms with Crippen LogP contribution in [-0.2, 0) is 0 Å². The van der Waals surface area contributed by atoms with E-state index in [9.17, 15) is 9.90 Å². The van der Waals surface area contributed by atoms with Crippen molar-refractivity contribution in [1.82, 2.24) is 9.88 Å². The molecule has 1 aliphatic heterocycles. The molecule has 2 fully saturated rings. The standard InChI is InChI=1S/C12H15N3O2/c13-9-2-1-5-14-10(9)11(16)15-6-12(17,7-15)8-3-4-8/h1-2,5,8,17H,3-4,6-7,13H2. The smallest absolute Gasteiger partial charge is 0.274 e.